The molecule has 0 spiro atoms. The summed E-state index contributed by atoms with van der Waals surface area (Å²) >= 11 is 0. The molecule has 2 aromatic carbocycles. The molecule has 4 rings (SSSR count). The van der Waals surface area contributed by atoms with Gasteiger partial charge in [-0.05, 0) is 54.6 Å². The zero-order chi connectivity index (χ0) is 24.0. The molecule has 0 unspecified atom stereocenters. The average molecular weight is 477 g/mol. The molecule has 2 heterocycles. The van der Waals surface area contributed by atoms with Crippen molar-refractivity contribution in [3.05, 3.63) is 82.5 Å². The first kappa shape index (κ1) is 22.6. The lowest BCUT2D eigenvalue weighted by Crippen LogP contribution is -2.25. The van der Waals surface area contributed by atoms with Crippen LogP contribution in [0.5, 0.6) is 0 Å². The predicted molar refractivity (Wildman–Crippen MR) is 113 cm³/mol. The number of alkyl halides is 3. The molecular weight excluding hydrogens is 462 g/mol. The topological polar surface area (TPSA) is 81.9 Å². The second-order valence-corrected chi connectivity index (χ2v) is 9.34. The third kappa shape index (κ3) is 4.23. The van der Waals surface area contributed by atoms with E-state index in [2.05, 4.69) is 10.1 Å². The summed E-state index contributed by atoms with van der Waals surface area (Å²) in [6.07, 6.45) is -3.56. The number of halogens is 4. The summed E-state index contributed by atoms with van der Waals surface area (Å²) in [5.41, 5.74) is -1.07. The van der Waals surface area contributed by atoms with E-state index in [0.717, 1.165) is 29.1 Å². The molecular formula is C22H15F4N3O3S. The highest BCUT2D eigenvalue weighted by molar-refractivity contribution is 7.91. The number of benzene rings is 2. The van der Waals surface area contributed by atoms with Gasteiger partial charge in [-0.3, -0.25) is 4.79 Å². The number of nitrogens with zero attached hydrogens (tertiary/aromatic N) is 3. The highest BCUT2D eigenvalue weighted by Gasteiger charge is 2.31. The van der Waals surface area contributed by atoms with E-state index in [1.54, 1.807) is 0 Å². The monoisotopic (exact) mass is 477 g/mol. The predicted octanol–water partition coefficient (Wildman–Crippen LogP) is 4.40. The molecule has 33 heavy (non-hydrogen) atoms. The summed E-state index contributed by atoms with van der Waals surface area (Å²) < 4.78 is 78.4. The molecule has 0 radical (unpaired) electrons. The maximum atomic E-state index is 13.3. The van der Waals surface area contributed by atoms with Crippen molar-refractivity contribution >= 4 is 20.6 Å². The van der Waals surface area contributed by atoms with Crippen LogP contribution in [0.4, 0.5) is 17.6 Å². The normalized spacial score (nSPS) is 12.3. The van der Waals surface area contributed by atoms with Gasteiger partial charge in [-0.2, -0.15) is 23.0 Å². The first-order valence-electron chi connectivity index (χ1n) is 9.60. The van der Waals surface area contributed by atoms with Gasteiger partial charge in [-0.15, -0.1) is 0 Å². The lowest BCUT2D eigenvalue weighted by Gasteiger charge is -2.13. The van der Waals surface area contributed by atoms with Crippen LogP contribution in [0.1, 0.15) is 12.5 Å². The summed E-state index contributed by atoms with van der Waals surface area (Å²) in [5, 5.41) is 3.76. The zero-order valence-corrected chi connectivity index (χ0v) is 17.8. The van der Waals surface area contributed by atoms with Crippen LogP contribution < -0.4 is 5.56 Å². The van der Waals surface area contributed by atoms with Gasteiger partial charge >= 0.3 is 6.18 Å². The van der Waals surface area contributed by atoms with Gasteiger partial charge in [0.05, 0.1) is 28.6 Å². The Balaban J connectivity index is 1.97. The van der Waals surface area contributed by atoms with Gasteiger partial charge in [0.2, 0.25) is 0 Å². The molecule has 6 nitrogen and oxygen atoms in total. The van der Waals surface area contributed by atoms with Crippen LogP contribution in [0, 0.1) is 5.82 Å². The van der Waals surface area contributed by atoms with Crippen molar-refractivity contribution in [1.29, 1.82) is 0 Å². The number of pyridine rings is 1. The minimum atomic E-state index is -4.60. The SMILES string of the molecule is CCS(=O)(=O)c1ccc(-c2ccc(F)cc2)nc1-n1ncc2cc(C(F)(F)F)ccc2c1=O. The molecule has 0 amide bonds. The number of hydrogen-bond donors (Lipinski definition) is 0. The molecule has 0 saturated carbocycles. The third-order valence-electron chi connectivity index (χ3n) is 5.01. The van der Waals surface area contributed by atoms with Gasteiger partial charge in [0.1, 0.15) is 10.7 Å². The molecule has 0 aliphatic rings. The summed E-state index contributed by atoms with van der Waals surface area (Å²) in [6, 6.07) is 10.5. The van der Waals surface area contributed by atoms with Crippen molar-refractivity contribution < 1.29 is 26.0 Å². The summed E-state index contributed by atoms with van der Waals surface area (Å²) in [5.74, 6) is -1.06. The van der Waals surface area contributed by atoms with Gasteiger partial charge in [-0.25, -0.2) is 17.8 Å². The maximum absolute atomic E-state index is 13.3. The van der Waals surface area contributed by atoms with E-state index < -0.39 is 33.0 Å². The smallest absolute Gasteiger partial charge is 0.267 e. The number of fused-ring (bicyclic) bond motifs is 1. The Morgan fingerprint density at radius 3 is 2.33 bits per heavy atom. The zero-order valence-electron chi connectivity index (χ0n) is 17.0. The maximum Gasteiger partial charge on any atom is 0.416 e. The number of hydrogen-bond acceptors (Lipinski definition) is 5. The van der Waals surface area contributed by atoms with Crippen molar-refractivity contribution in [3.63, 3.8) is 0 Å². The second-order valence-electron chi connectivity index (χ2n) is 7.09. The minimum Gasteiger partial charge on any atom is -0.267 e. The fourth-order valence-corrected chi connectivity index (χ4v) is 4.24. The molecule has 0 aliphatic heterocycles. The van der Waals surface area contributed by atoms with Gasteiger partial charge in [-0.1, -0.05) is 6.92 Å². The third-order valence-corrected chi connectivity index (χ3v) is 6.76. The van der Waals surface area contributed by atoms with Gasteiger partial charge in [0, 0.05) is 10.9 Å². The second kappa shape index (κ2) is 8.07. The molecule has 0 bridgehead atoms. The van der Waals surface area contributed by atoms with E-state index in [0.29, 0.717) is 5.56 Å². The Labute approximate surface area is 185 Å². The molecule has 0 atom stereocenters. The fraction of sp³-hybridized carbons (Fsp3) is 0.136. The molecule has 2 aromatic heterocycles. The highest BCUT2D eigenvalue weighted by atomic mass is 32.2. The molecule has 0 N–H and O–H groups in total. The van der Waals surface area contributed by atoms with E-state index in [1.165, 1.54) is 43.3 Å². The lowest BCUT2D eigenvalue weighted by atomic mass is 10.1. The minimum absolute atomic E-state index is 0.0549. The quantitative estimate of drug-likeness (QED) is 0.407. The Morgan fingerprint density at radius 2 is 1.70 bits per heavy atom. The first-order valence-corrected chi connectivity index (χ1v) is 11.3. The molecule has 11 heteroatoms. The first-order chi connectivity index (χ1) is 15.5. The van der Waals surface area contributed by atoms with Gasteiger partial charge in [0.15, 0.2) is 15.7 Å². The van der Waals surface area contributed by atoms with Crippen molar-refractivity contribution in [1.82, 2.24) is 14.8 Å². The number of sulfone groups is 1. The fourth-order valence-electron chi connectivity index (χ4n) is 3.24. The summed E-state index contributed by atoms with van der Waals surface area (Å²) in [4.78, 5) is 17.1. The van der Waals surface area contributed by atoms with E-state index in [-0.39, 0.29) is 32.9 Å². The van der Waals surface area contributed by atoms with Crippen LogP contribution in [-0.4, -0.2) is 28.9 Å². The van der Waals surface area contributed by atoms with E-state index in [4.69, 9.17) is 0 Å². The molecule has 0 saturated heterocycles. The molecule has 4 aromatic rings. The lowest BCUT2D eigenvalue weighted by molar-refractivity contribution is -0.137. The Hall–Kier alpha value is -3.60. The van der Waals surface area contributed by atoms with Crippen LogP contribution in [0.15, 0.2) is 70.5 Å². The van der Waals surface area contributed by atoms with Crippen LogP contribution in [0.25, 0.3) is 27.8 Å². The van der Waals surface area contributed by atoms with E-state index >= 15 is 0 Å². The van der Waals surface area contributed by atoms with Crippen molar-refractivity contribution in [2.75, 3.05) is 5.75 Å². The van der Waals surface area contributed by atoms with Crippen LogP contribution in [-0.2, 0) is 16.0 Å². The standard InChI is InChI=1S/C22H15F4N3O3S/c1-2-33(31,32)19-10-9-18(13-3-6-16(23)7-4-13)28-20(19)29-21(30)17-8-5-15(22(24,25)26)11-14(17)12-27-29/h3-12H,2H2,1H3. The number of rotatable bonds is 4. The van der Waals surface area contributed by atoms with E-state index in [9.17, 15) is 30.8 Å². The summed E-state index contributed by atoms with van der Waals surface area (Å²) in [7, 11) is -3.85. The van der Waals surface area contributed by atoms with E-state index in [1.807, 2.05) is 0 Å². The van der Waals surface area contributed by atoms with Crippen LogP contribution >= 0.6 is 0 Å². The summed E-state index contributed by atoms with van der Waals surface area (Å²) in [6.45, 7) is 1.42. The highest BCUT2D eigenvalue weighted by Crippen LogP contribution is 2.31. The Kier molecular flexibility index (Phi) is 5.52. The van der Waals surface area contributed by atoms with Crippen molar-refractivity contribution in [3.8, 4) is 17.1 Å². The van der Waals surface area contributed by atoms with Crippen LogP contribution in [0.2, 0.25) is 0 Å². The van der Waals surface area contributed by atoms with Crippen molar-refractivity contribution in [2.24, 2.45) is 0 Å². The number of aromatic nitrogens is 3. The van der Waals surface area contributed by atoms with Crippen molar-refractivity contribution in [2.45, 2.75) is 18.0 Å². The molecule has 0 fully saturated rings. The Morgan fingerprint density at radius 1 is 1.00 bits per heavy atom. The molecule has 170 valence electrons. The van der Waals surface area contributed by atoms with Crippen LogP contribution in [0.3, 0.4) is 0 Å². The molecule has 0 aliphatic carbocycles. The van der Waals surface area contributed by atoms with Gasteiger partial charge < -0.3 is 0 Å². The average Bonchev–Trinajstić information content (AvgIpc) is 2.78. The van der Waals surface area contributed by atoms with Gasteiger partial charge in [0.25, 0.3) is 5.56 Å². The largest absolute Gasteiger partial charge is 0.416 e. The Bertz CT molecular complexity index is 1530.